The summed E-state index contributed by atoms with van der Waals surface area (Å²) in [6, 6.07) is 7.00. The van der Waals surface area contributed by atoms with E-state index < -0.39 is 9.84 Å². The molecule has 0 aliphatic carbocycles. The average Bonchev–Trinajstić information content (AvgIpc) is 2.99. The Kier molecular flexibility index (Phi) is 4.48. The van der Waals surface area contributed by atoms with Gasteiger partial charge in [0.05, 0.1) is 29.6 Å². The van der Waals surface area contributed by atoms with Crippen LogP contribution >= 0.6 is 24.0 Å². The van der Waals surface area contributed by atoms with Crippen LogP contribution in [0.2, 0.25) is 0 Å². The molecule has 1 atom stereocenters. The van der Waals surface area contributed by atoms with Gasteiger partial charge in [0.1, 0.15) is 10.1 Å². The number of methoxy groups -OCH3 is 1. The van der Waals surface area contributed by atoms with Gasteiger partial charge in [-0.2, -0.15) is 0 Å². The summed E-state index contributed by atoms with van der Waals surface area (Å²) in [6.45, 7) is 0. The molecule has 122 valence electrons. The molecule has 0 aromatic heterocycles. The van der Waals surface area contributed by atoms with E-state index in [-0.39, 0.29) is 23.5 Å². The van der Waals surface area contributed by atoms with Crippen molar-refractivity contribution in [3.63, 3.8) is 0 Å². The maximum Gasteiger partial charge on any atom is 0.266 e. The minimum absolute atomic E-state index is 0.00471. The molecule has 2 fully saturated rings. The number of thiocarbonyl (C=S) groups is 1. The number of thioether (sulfide) groups is 1. The molecule has 1 aromatic carbocycles. The average molecular weight is 369 g/mol. The highest BCUT2D eigenvalue weighted by molar-refractivity contribution is 8.26. The van der Waals surface area contributed by atoms with Crippen LogP contribution in [0.1, 0.15) is 12.0 Å². The summed E-state index contributed by atoms with van der Waals surface area (Å²) < 4.78 is 28.8. The number of amides is 1. The van der Waals surface area contributed by atoms with Gasteiger partial charge in [0.25, 0.3) is 5.91 Å². The van der Waals surface area contributed by atoms with Crippen molar-refractivity contribution in [2.45, 2.75) is 12.5 Å². The van der Waals surface area contributed by atoms with Crippen LogP contribution in [0, 0.1) is 0 Å². The Hall–Kier alpha value is -1.38. The Bertz CT molecular complexity index is 783. The van der Waals surface area contributed by atoms with Crippen molar-refractivity contribution in [2.75, 3.05) is 18.6 Å². The van der Waals surface area contributed by atoms with Gasteiger partial charge >= 0.3 is 0 Å². The van der Waals surface area contributed by atoms with Crippen molar-refractivity contribution in [3.8, 4) is 5.75 Å². The molecule has 0 spiro atoms. The SMILES string of the molecule is COc1ccc(/C=C2/SC(=S)N(C3CCS(=O)(=O)C3)C2=O)cc1. The van der Waals surface area contributed by atoms with Gasteiger partial charge in [0.15, 0.2) is 9.84 Å². The number of sulfone groups is 1. The van der Waals surface area contributed by atoms with Crippen LogP contribution in [0.5, 0.6) is 5.75 Å². The first kappa shape index (κ1) is 16.5. The van der Waals surface area contributed by atoms with Crippen LogP contribution in [0.15, 0.2) is 29.2 Å². The van der Waals surface area contributed by atoms with E-state index in [4.69, 9.17) is 17.0 Å². The third-order valence-corrected chi connectivity index (χ3v) is 6.89. The van der Waals surface area contributed by atoms with Crippen LogP contribution in [-0.4, -0.2) is 48.2 Å². The lowest BCUT2D eigenvalue weighted by atomic mass is 10.2. The molecule has 5 nitrogen and oxygen atoms in total. The molecule has 0 saturated carbocycles. The van der Waals surface area contributed by atoms with Gasteiger partial charge in [-0.1, -0.05) is 36.1 Å². The number of hydrogen-bond acceptors (Lipinski definition) is 6. The molecular weight excluding hydrogens is 354 g/mol. The Morgan fingerprint density at radius 1 is 1.35 bits per heavy atom. The van der Waals surface area contributed by atoms with E-state index >= 15 is 0 Å². The summed E-state index contributed by atoms with van der Waals surface area (Å²) in [5.74, 6) is 0.644. The van der Waals surface area contributed by atoms with Crippen molar-refractivity contribution in [1.29, 1.82) is 0 Å². The molecule has 0 bridgehead atoms. The second-order valence-corrected chi connectivity index (χ2v) is 9.29. The van der Waals surface area contributed by atoms with E-state index in [2.05, 4.69) is 0 Å². The van der Waals surface area contributed by atoms with Crippen LogP contribution in [-0.2, 0) is 14.6 Å². The van der Waals surface area contributed by atoms with E-state index in [1.54, 1.807) is 13.2 Å². The minimum Gasteiger partial charge on any atom is -0.497 e. The molecular formula is C15H15NO4S3. The van der Waals surface area contributed by atoms with Gasteiger partial charge in [0, 0.05) is 0 Å². The van der Waals surface area contributed by atoms with Crippen molar-refractivity contribution < 1.29 is 17.9 Å². The number of rotatable bonds is 3. The monoisotopic (exact) mass is 369 g/mol. The maximum atomic E-state index is 12.6. The summed E-state index contributed by atoms with van der Waals surface area (Å²) in [4.78, 5) is 14.5. The molecule has 3 rings (SSSR count). The summed E-state index contributed by atoms with van der Waals surface area (Å²) in [7, 11) is -1.47. The smallest absolute Gasteiger partial charge is 0.266 e. The lowest BCUT2D eigenvalue weighted by Gasteiger charge is -2.20. The van der Waals surface area contributed by atoms with Crippen LogP contribution in [0.3, 0.4) is 0 Å². The topological polar surface area (TPSA) is 63.7 Å². The molecule has 1 unspecified atom stereocenters. The fraction of sp³-hybridized carbons (Fsp3) is 0.333. The molecule has 2 aliphatic heterocycles. The van der Waals surface area contributed by atoms with E-state index in [0.717, 1.165) is 11.3 Å². The van der Waals surface area contributed by atoms with Gasteiger partial charge in [-0.05, 0) is 30.2 Å². The molecule has 23 heavy (non-hydrogen) atoms. The highest BCUT2D eigenvalue weighted by Gasteiger charge is 2.42. The largest absolute Gasteiger partial charge is 0.497 e. The zero-order chi connectivity index (χ0) is 16.6. The van der Waals surface area contributed by atoms with Crippen molar-refractivity contribution in [3.05, 3.63) is 34.7 Å². The Labute approximate surface area is 144 Å². The predicted molar refractivity (Wildman–Crippen MR) is 95.1 cm³/mol. The van der Waals surface area contributed by atoms with E-state index in [1.165, 1.54) is 16.7 Å². The van der Waals surface area contributed by atoms with Crippen LogP contribution < -0.4 is 4.74 Å². The Morgan fingerprint density at radius 3 is 2.61 bits per heavy atom. The standard InChI is InChI=1S/C15H15NO4S3/c1-20-12-4-2-10(3-5-12)8-13-14(17)16(15(21)22-13)11-6-7-23(18,19)9-11/h2-5,8,11H,6-7,9H2,1H3/b13-8+. The van der Waals surface area contributed by atoms with Crippen LogP contribution in [0.4, 0.5) is 0 Å². The van der Waals surface area contributed by atoms with Crippen molar-refractivity contribution >= 4 is 50.1 Å². The summed E-state index contributed by atoms with van der Waals surface area (Å²) in [5.41, 5.74) is 0.866. The zero-order valence-corrected chi connectivity index (χ0v) is 14.8. The van der Waals surface area contributed by atoms with Gasteiger partial charge in [-0.3, -0.25) is 9.69 Å². The molecule has 2 aliphatic rings. The highest BCUT2D eigenvalue weighted by Crippen LogP contribution is 2.36. The number of nitrogens with zero attached hydrogens (tertiary/aromatic N) is 1. The van der Waals surface area contributed by atoms with E-state index in [9.17, 15) is 13.2 Å². The molecule has 8 heteroatoms. The third-order valence-electron chi connectivity index (χ3n) is 3.81. The Morgan fingerprint density at radius 2 is 2.04 bits per heavy atom. The first-order valence-electron chi connectivity index (χ1n) is 7.01. The molecule has 2 saturated heterocycles. The van der Waals surface area contributed by atoms with Crippen molar-refractivity contribution in [2.24, 2.45) is 0 Å². The number of ether oxygens (including phenoxy) is 1. The summed E-state index contributed by atoms with van der Waals surface area (Å²) >= 11 is 6.49. The first-order valence-corrected chi connectivity index (χ1v) is 10.1. The number of carbonyl (C=O) groups is 1. The molecule has 0 radical (unpaired) electrons. The van der Waals surface area contributed by atoms with Gasteiger partial charge in [0.2, 0.25) is 0 Å². The molecule has 1 amide bonds. The second-order valence-electron chi connectivity index (χ2n) is 5.38. The zero-order valence-electron chi connectivity index (χ0n) is 12.4. The van der Waals surface area contributed by atoms with Gasteiger partial charge < -0.3 is 4.74 Å². The third kappa shape index (κ3) is 3.44. The second kappa shape index (κ2) is 6.26. The lowest BCUT2D eigenvalue weighted by Crippen LogP contribution is -2.39. The fourth-order valence-electron chi connectivity index (χ4n) is 2.63. The van der Waals surface area contributed by atoms with E-state index in [0.29, 0.717) is 15.6 Å². The quantitative estimate of drug-likeness (QED) is 0.600. The highest BCUT2D eigenvalue weighted by atomic mass is 32.2. The van der Waals surface area contributed by atoms with Crippen LogP contribution in [0.25, 0.3) is 6.08 Å². The van der Waals surface area contributed by atoms with Gasteiger partial charge in [-0.15, -0.1) is 0 Å². The lowest BCUT2D eigenvalue weighted by molar-refractivity contribution is -0.123. The predicted octanol–water partition coefficient (Wildman–Crippen LogP) is 2.08. The summed E-state index contributed by atoms with van der Waals surface area (Å²) in [5, 5.41) is 0. The number of benzene rings is 1. The van der Waals surface area contributed by atoms with E-state index in [1.807, 2.05) is 24.3 Å². The number of carbonyl (C=O) groups excluding carboxylic acids is 1. The first-order chi connectivity index (χ1) is 10.9. The Balaban J connectivity index is 1.81. The minimum atomic E-state index is -3.06. The normalized spacial score (nSPS) is 25.3. The molecule has 1 aromatic rings. The maximum absolute atomic E-state index is 12.6. The molecule has 0 N–H and O–H groups in total. The van der Waals surface area contributed by atoms with Gasteiger partial charge in [-0.25, -0.2) is 8.42 Å². The number of hydrogen-bond donors (Lipinski definition) is 0. The fourth-order valence-corrected chi connectivity index (χ4v) is 5.73. The summed E-state index contributed by atoms with van der Waals surface area (Å²) in [6.07, 6.45) is 2.22. The molecule has 2 heterocycles. The van der Waals surface area contributed by atoms with Crippen molar-refractivity contribution in [1.82, 2.24) is 4.90 Å².